The first-order chi connectivity index (χ1) is 6.29. The normalized spacial score (nSPS) is 13.1. The van der Waals surface area contributed by atoms with E-state index in [9.17, 15) is 0 Å². The molecule has 2 N–H and O–H groups in total. The Morgan fingerprint density at radius 1 is 1.54 bits per heavy atom. The molecule has 2 rings (SSSR count). The molecule has 0 aliphatic heterocycles. The molecule has 0 fully saturated rings. The van der Waals surface area contributed by atoms with Crippen molar-refractivity contribution in [3.8, 4) is 0 Å². The lowest BCUT2D eigenvalue weighted by Gasteiger charge is -2.08. The van der Waals surface area contributed by atoms with Gasteiger partial charge in [-0.25, -0.2) is 0 Å². The Morgan fingerprint density at radius 2 is 2.38 bits per heavy atom. The Morgan fingerprint density at radius 3 is 2.92 bits per heavy atom. The van der Waals surface area contributed by atoms with Gasteiger partial charge < -0.3 is 5.73 Å². The molecule has 13 heavy (non-hydrogen) atoms. The van der Waals surface area contributed by atoms with Gasteiger partial charge in [0.25, 0.3) is 0 Å². The highest BCUT2D eigenvalue weighted by Gasteiger charge is 2.13. The molecular formula is C8H10N4S. The van der Waals surface area contributed by atoms with Crippen LogP contribution in [0.25, 0.3) is 0 Å². The molecule has 4 nitrogen and oxygen atoms in total. The second kappa shape index (κ2) is 3.27. The van der Waals surface area contributed by atoms with Gasteiger partial charge in [-0.15, -0.1) is 0 Å². The second-order valence-electron chi connectivity index (χ2n) is 2.78. The van der Waals surface area contributed by atoms with Gasteiger partial charge in [0.05, 0.1) is 17.4 Å². The Kier molecular flexibility index (Phi) is 2.12. The summed E-state index contributed by atoms with van der Waals surface area (Å²) in [7, 11) is 1.88. The molecule has 0 aliphatic rings. The van der Waals surface area contributed by atoms with Crippen molar-refractivity contribution < 1.29 is 0 Å². The molecule has 0 aliphatic carbocycles. The van der Waals surface area contributed by atoms with Crippen LogP contribution < -0.4 is 5.73 Å². The molecule has 0 bridgehead atoms. The first-order valence-electron chi connectivity index (χ1n) is 3.93. The minimum Gasteiger partial charge on any atom is -0.318 e. The van der Waals surface area contributed by atoms with Gasteiger partial charge in [0.1, 0.15) is 0 Å². The van der Waals surface area contributed by atoms with Crippen LogP contribution in [0, 0.1) is 0 Å². The molecule has 5 heteroatoms. The van der Waals surface area contributed by atoms with Gasteiger partial charge in [-0.1, -0.05) is 0 Å². The van der Waals surface area contributed by atoms with Crippen molar-refractivity contribution in [3.63, 3.8) is 0 Å². The Balaban J connectivity index is 2.33. The van der Waals surface area contributed by atoms with Gasteiger partial charge in [-0.2, -0.15) is 9.47 Å². The Labute approximate surface area is 80.2 Å². The summed E-state index contributed by atoms with van der Waals surface area (Å²) in [5.74, 6) is 0. The minimum atomic E-state index is -0.168. The maximum absolute atomic E-state index is 5.99. The van der Waals surface area contributed by atoms with Gasteiger partial charge in [-0.05, 0) is 23.7 Å². The summed E-state index contributed by atoms with van der Waals surface area (Å²) in [5, 5.41) is 5.98. The number of rotatable bonds is 2. The van der Waals surface area contributed by atoms with Crippen LogP contribution in [0.2, 0.25) is 0 Å². The molecule has 2 aromatic heterocycles. The average molecular weight is 194 g/mol. The van der Waals surface area contributed by atoms with Gasteiger partial charge in [0, 0.05) is 18.6 Å². The summed E-state index contributed by atoms with van der Waals surface area (Å²) in [4.78, 5) is 0. The van der Waals surface area contributed by atoms with Crippen molar-refractivity contribution in [3.05, 3.63) is 35.1 Å². The largest absolute Gasteiger partial charge is 0.318 e. The summed E-state index contributed by atoms with van der Waals surface area (Å²) < 4.78 is 5.96. The van der Waals surface area contributed by atoms with Gasteiger partial charge >= 0.3 is 0 Å². The minimum absolute atomic E-state index is 0.168. The zero-order chi connectivity index (χ0) is 9.26. The molecule has 0 amide bonds. The van der Waals surface area contributed by atoms with Gasteiger partial charge in [0.15, 0.2) is 0 Å². The third kappa shape index (κ3) is 1.48. The number of nitrogens with zero attached hydrogens (tertiary/aromatic N) is 3. The number of hydrogen-bond donors (Lipinski definition) is 1. The highest BCUT2D eigenvalue weighted by molar-refractivity contribution is 7.03. The summed E-state index contributed by atoms with van der Waals surface area (Å²) >= 11 is 1.41. The van der Waals surface area contributed by atoms with Crippen molar-refractivity contribution >= 4 is 11.5 Å². The molecule has 0 aromatic carbocycles. The molecule has 0 saturated carbocycles. The van der Waals surface area contributed by atoms with Crippen molar-refractivity contribution in [2.45, 2.75) is 6.04 Å². The maximum atomic E-state index is 5.99. The SMILES string of the molecule is Cn1nccc1C(N)c1ccsn1. The smallest absolute Gasteiger partial charge is 0.0907 e. The van der Waals surface area contributed by atoms with E-state index in [2.05, 4.69) is 9.47 Å². The number of hydrogen-bond acceptors (Lipinski definition) is 4. The van der Waals surface area contributed by atoms with E-state index in [1.54, 1.807) is 10.9 Å². The molecular weight excluding hydrogens is 184 g/mol. The topological polar surface area (TPSA) is 56.7 Å². The van der Waals surface area contributed by atoms with E-state index in [0.717, 1.165) is 11.4 Å². The lowest BCUT2D eigenvalue weighted by Crippen LogP contribution is -2.15. The van der Waals surface area contributed by atoms with E-state index in [1.807, 2.05) is 24.6 Å². The number of aryl methyl sites for hydroxylation is 1. The van der Waals surface area contributed by atoms with Crippen LogP contribution in [0.1, 0.15) is 17.4 Å². The Hall–Kier alpha value is -1.20. The van der Waals surface area contributed by atoms with E-state index in [0.29, 0.717) is 0 Å². The molecule has 1 unspecified atom stereocenters. The number of aromatic nitrogens is 3. The van der Waals surface area contributed by atoms with E-state index in [1.165, 1.54) is 11.5 Å². The number of nitrogens with two attached hydrogens (primary N) is 1. The van der Waals surface area contributed by atoms with Crippen molar-refractivity contribution in [1.82, 2.24) is 14.2 Å². The summed E-state index contributed by atoms with van der Waals surface area (Å²) in [5.41, 5.74) is 7.86. The van der Waals surface area contributed by atoms with Crippen molar-refractivity contribution in [2.75, 3.05) is 0 Å². The van der Waals surface area contributed by atoms with E-state index < -0.39 is 0 Å². The van der Waals surface area contributed by atoms with E-state index in [4.69, 9.17) is 5.73 Å². The molecule has 0 radical (unpaired) electrons. The lowest BCUT2D eigenvalue weighted by atomic mass is 10.1. The summed E-state index contributed by atoms with van der Waals surface area (Å²) in [6.07, 6.45) is 1.74. The van der Waals surface area contributed by atoms with Crippen LogP contribution in [0.4, 0.5) is 0 Å². The predicted octanol–water partition coefficient (Wildman–Crippen LogP) is 0.925. The van der Waals surface area contributed by atoms with Gasteiger partial charge in [0.2, 0.25) is 0 Å². The fraction of sp³-hybridized carbons (Fsp3) is 0.250. The zero-order valence-corrected chi connectivity index (χ0v) is 8.03. The van der Waals surface area contributed by atoms with E-state index >= 15 is 0 Å². The van der Waals surface area contributed by atoms with Crippen LogP contribution in [-0.4, -0.2) is 14.2 Å². The fourth-order valence-corrected chi connectivity index (χ4v) is 1.78. The monoisotopic (exact) mass is 194 g/mol. The first-order valence-corrected chi connectivity index (χ1v) is 4.76. The highest BCUT2D eigenvalue weighted by atomic mass is 32.1. The third-order valence-electron chi connectivity index (χ3n) is 1.95. The predicted molar refractivity (Wildman–Crippen MR) is 51.4 cm³/mol. The molecule has 0 spiro atoms. The van der Waals surface area contributed by atoms with Crippen molar-refractivity contribution in [1.29, 1.82) is 0 Å². The quantitative estimate of drug-likeness (QED) is 0.773. The fourth-order valence-electron chi connectivity index (χ4n) is 1.22. The highest BCUT2D eigenvalue weighted by Crippen LogP contribution is 2.17. The Bertz CT molecular complexity index is 379. The molecule has 0 saturated heterocycles. The van der Waals surface area contributed by atoms with E-state index in [-0.39, 0.29) is 6.04 Å². The first kappa shape index (κ1) is 8.40. The maximum Gasteiger partial charge on any atom is 0.0907 e. The van der Waals surface area contributed by atoms with Crippen LogP contribution in [0.15, 0.2) is 23.7 Å². The molecule has 1 atom stereocenters. The average Bonchev–Trinajstić information content (AvgIpc) is 2.72. The van der Waals surface area contributed by atoms with Crippen LogP contribution >= 0.6 is 11.5 Å². The third-order valence-corrected chi connectivity index (χ3v) is 2.53. The van der Waals surface area contributed by atoms with Crippen LogP contribution in [0.3, 0.4) is 0 Å². The standard InChI is InChI=1S/C8H10N4S/c1-12-7(2-4-10-12)8(9)6-3-5-13-11-6/h2-5,8H,9H2,1H3. The summed E-state index contributed by atoms with van der Waals surface area (Å²) in [6, 6.07) is 3.67. The van der Waals surface area contributed by atoms with Crippen LogP contribution in [-0.2, 0) is 7.05 Å². The zero-order valence-electron chi connectivity index (χ0n) is 7.21. The van der Waals surface area contributed by atoms with Crippen LogP contribution in [0.5, 0.6) is 0 Å². The lowest BCUT2D eigenvalue weighted by molar-refractivity contribution is 0.667. The molecule has 2 aromatic rings. The molecule has 68 valence electrons. The summed E-state index contributed by atoms with van der Waals surface area (Å²) in [6.45, 7) is 0. The molecule has 2 heterocycles. The second-order valence-corrected chi connectivity index (χ2v) is 3.45. The van der Waals surface area contributed by atoms with Crippen molar-refractivity contribution in [2.24, 2.45) is 12.8 Å². The van der Waals surface area contributed by atoms with Gasteiger partial charge in [-0.3, -0.25) is 4.68 Å².